The number of nitrogen functional groups attached to an aromatic ring is 1. The Hall–Kier alpha value is -3.59. The summed E-state index contributed by atoms with van der Waals surface area (Å²) < 4.78 is 12.8. The zero-order valence-corrected chi connectivity index (χ0v) is 20.7. The largest absolute Gasteiger partial charge is 0.476 e. The first-order valence-corrected chi connectivity index (χ1v) is 12.0. The van der Waals surface area contributed by atoms with Crippen molar-refractivity contribution in [2.24, 2.45) is 7.05 Å². The fraction of sp³-hybridized carbons (Fsp3) is 0.423. The van der Waals surface area contributed by atoms with Gasteiger partial charge >= 0.3 is 5.97 Å². The summed E-state index contributed by atoms with van der Waals surface area (Å²) in [5.41, 5.74) is 10.4. The van der Waals surface area contributed by atoms with Gasteiger partial charge < -0.3 is 20.5 Å². The van der Waals surface area contributed by atoms with Crippen LogP contribution in [0.2, 0.25) is 0 Å². The van der Waals surface area contributed by atoms with E-state index in [-0.39, 0.29) is 0 Å². The van der Waals surface area contributed by atoms with E-state index in [1.807, 2.05) is 38.2 Å². The van der Waals surface area contributed by atoms with E-state index in [1.165, 1.54) is 13.5 Å². The minimum atomic E-state index is -0.398. The molecule has 1 aliphatic heterocycles. The Kier molecular flexibility index (Phi) is 7.87. The fourth-order valence-electron chi connectivity index (χ4n) is 4.48. The Balaban J connectivity index is 1.41. The van der Waals surface area contributed by atoms with Crippen LogP contribution in [0.4, 0.5) is 11.4 Å². The number of pyridine rings is 1. The predicted octanol–water partition coefficient (Wildman–Crippen LogP) is 3.50. The van der Waals surface area contributed by atoms with Crippen LogP contribution in [0.3, 0.4) is 0 Å². The van der Waals surface area contributed by atoms with Gasteiger partial charge in [0, 0.05) is 31.9 Å². The molecule has 1 atom stereocenters. The van der Waals surface area contributed by atoms with Crippen molar-refractivity contribution in [1.29, 1.82) is 0 Å². The van der Waals surface area contributed by atoms with Gasteiger partial charge in [0.25, 0.3) is 0 Å². The second kappa shape index (κ2) is 11.2. The lowest BCUT2D eigenvalue weighted by molar-refractivity contribution is 0.0600. The topological polar surface area (TPSA) is 108 Å². The quantitative estimate of drug-likeness (QED) is 0.374. The van der Waals surface area contributed by atoms with Crippen molar-refractivity contribution >= 4 is 17.3 Å². The second-order valence-electron chi connectivity index (χ2n) is 8.93. The molecule has 2 aromatic heterocycles. The van der Waals surface area contributed by atoms with Crippen LogP contribution in [0.15, 0.2) is 42.6 Å². The highest BCUT2D eigenvalue weighted by Crippen LogP contribution is 2.29. The number of nitrogens with two attached hydrogens (primary N) is 1. The molecule has 0 saturated carbocycles. The number of methoxy groups -OCH3 is 1. The minimum absolute atomic E-state index is 0.336. The Labute approximate surface area is 206 Å². The number of nitrogens with one attached hydrogen (secondary N) is 1. The van der Waals surface area contributed by atoms with E-state index in [2.05, 4.69) is 20.3 Å². The molecular weight excluding hydrogens is 444 g/mol. The Morgan fingerprint density at radius 1 is 1.26 bits per heavy atom. The maximum atomic E-state index is 12.1. The number of benzene rings is 1. The molecule has 1 unspecified atom stereocenters. The monoisotopic (exact) mass is 478 g/mol. The van der Waals surface area contributed by atoms with Gasteiger partial charge in [0.15, 0.2) is 0 Å². The molecule has 0 radical (unpaired) electrons. The van der Waals surface area contributed by atoms with Crippen molar-refractivity contribution in [2.75, 3.05) is 44.4 Å². The van der Waals surface area contributed by atoms with Crippen LogP contribution in [0.5, 0.6) is 5.88 Å². The van der Waals surface area contributed by atoms with Gasteiger partial charge in [-0.25, -0.2) is 9.48 Å². The minimum Gasteiger partial charge on any atom is -0.476 e. The van der Waals surface area contributed by atoms with Gasteiger partial charge in [-0.1, -0.05) is 18.6 Å². The number of carbonyl (C=O) groups excluding carboxylic acids is 1. The van der Waals surface area contributed by atoms with E-state index in [1.54, 1.807) is 23.0 Å². The average molecular weight is 479 g/mol. The van der Waals surface area contributed by atoms with Gasteiger partial charge in [-0.3, -0.25) is 9.88 Å². The second-order valence-corrected chi connectivity index (χ2v) is 8.93. The molecule has 0 spiro atoms. The van der Waals surface area contributed by atoms with E-state index in [4.69, 9.17) is 15.2 Å². The van der Waals surface area contributed by atoms with Gasteiger partial charge in [0.1, 0.15) is 6.61 Å². The van der Waals surface area contributed by atoms with Gasteiger partial charge in [-0.05, 0) is 50.6 Å². The lowest BCUT2D eigenvalue weighted by Gasteiger charge is -2.26. The van der Waals surface area contributed by atoms with Gasteiger partial charge in [-0.15, -0.1) is 0 Å². The SMILES string of the molecule is COC(=O)c1cc(C)nc(-c2cnn(C)c2OCCN2CCCCC(Nc3ccccc3N)C2)c1. The van der Waals surface area contributed by atoms with Crippen LogP contribution in [-0.4, -0.2) is 65.0 Å². The van der Waals surface area contributed by atoms with E-state index in [9.17, 15) is 4.79 Å². The number of hydrogen-bond acceptors (Lipinski definition) is 8. The number of aryl methyl sites for hydroxylation is 2. The van der Waals surface area contributed by atoms with Crippen molar-refractivity contribution in [3.8, 4) is 17.1 Å². The molecule has 1 aromatic carbocycles. The normalized spacial score (nSPS) is 16.5. The third-order valence-electron chi connectivity index (χ3n) is 6.26. The van der Waals surface area contributed by atoms with Crippen molar-refractivity contribution in [3.05, 3.63) is 53.9 Å². The molecule has 0 aliphatic carbocycles. The highest BCUT2D eigenvalue weighted by atomic mass is 16.5. The molecule has 9 nitrogen and oxygen atoms in total. The summed E-state index contributed by atoms with van der Waals surface area (Å²) >= 11 is 0. The molecule has 3 N–H and O–H groups in total. The van der Waals surface area contributed by atoms with E-state index < -0.39 is 5.97 Å². The average Bonchev–Trinajstić information content (AvgIpc) is 3.06. The molecule has 9 heteroatoms. The number of nitrogens with zero attached hydrogens (tertiary/aromatic N) is 4. The molecule has 0 bridgehead atoms. The standard InChI is InChI=1S/C26H34N6O3/c1-18-14-19(26(33)34-3)15-24(29-18)21-16-28-31(2)25(21)35-13-12-32-11-7-6-8-20(17-32)30-23-10-5-4-9-22(23)27/h4-5,9-10,14-16,20,30H,6-8,11-13,17,27H2,1-3H3. The Bertz CT molecular complexity index is 1160. The number of likely N-dealkylation sites (tertiary alicyclic amines) is 1. The van der Waals surface area contributed by atoms with Gasteiger partial charge in [0.05, 0.1) is 41.5 Å². The number of carbonyl (C=O) groups is 1. The summed E-state index contributed by atoms with van der Waals surface area (Å²) in [5, 5.41) is 7.98. The van der Waals surface area contributed by atoms with Crippen LogP contribution in [0.25, 0.3) is 11.3 Å². The first-order valence-electron chi connectivity index (χ1n) is 12.0. The fourth-order valence-corrected chi connectivity index (χ4v) is 4.48. The first kappa shape index (κ1) is 24.5. The molecule has 3 heterocycles. The molecule has 35 heavy (non-hydrogen) atoms. The van der Waals surface area contributed by atoms with Crippen LogP contribution in [0.1, 0.15) is 35.3 Å². The number of rotatable bonds is 8. The summed E-state index contributed by atoms with van der Waals surface area (Å²) in [6.07, 6.45) is 5.16. The lowest BCUT2D eigenvalue weighted by Crippen LogP contribution is -2.37. The van der Waals surface area contributed by atoms with Crippen LogP contribution in [0, 0.1) is 6.92 Å². The Morgan fingerprint density at radius 2 is 2.09 bits per heavy atom. The number of para-hydroxylation sites is 2. The van der Waals surface area contributed by atoms with E-state index >= 15 is 0 Å². The van der Waals surface area contributed by atoms with Crippen molar-refractivity contribution in [1.82, 2.24) is 19.7 Å². The molecule has 1 aliphatic rings. The summed E-state index contributed by atoms with van der Waals surface area (Å²) in [5.74, 6) is 0.227. The summed E-state index contributed by atoms with van der Waals surface area (Å²) in [7, 11) is 3.21. The number of hydrogen-bond donors (Lipinski definition) is 2. The summed E-state index contributed by atoms with van der Waals surface area (Å²) in [6, 6.07) is 11.7. The Morgan fingerprint density at radius 3 is 2.89 bits per heavy atom. The lowest BCUT2D eigenvalue weighted by atomic mass is 10.1. The highest BCUT2D eigenvalue weighted by Gasteiger charge is 2.20. The third kappa shape index (κ3) is 6.10. The highest BCUT2D eigenvalue weighted by molar-refractivity contribution is 5.90. The third-order valence-corrected chi connectivity index (χ3v) is 6.26. The molecule has 1 saturated heterocycles. The van der Waals surface area contributed by atoms with Crippen LogP contribution >= 0.6 is 0 Å². The van der Waals surface area contributed by atoms with Gasteiger partial charge in [-0.2, -0.15) is 5.10 Å². The van der Waals surface area contributed by atoms with Gasteiger partial charge in [0.2, 0.25) is 5.88 Å². The summed E-state index contributed by atoms with van der Waals surface area (Å²) in [4.78, 5) is 19.1. The number of anilines is 2. The zero-order chi connectivity index (χ0) is 24.8. The van der Waals surface area contributed by atoms with Crippen molar-refractivity contribution in [2.45, 2.75) is 32.2 Å². The first-order chi connectivity index (χ1) is 16.9. The molecule has 1 fully saturated rings. The smallest absolute Gasteiger partial charge is 0.337 e. The van der Waals surface area contributed by atoms with E-state index in [0.29, 0.717) is 29.8 Å². The van der Waals surface area contributed by atoms with Crippen molar-refractivity contribution < 1.29 is 14.3 Å². The summed E-state index contributed by atoms with van der Waals surface area (Å²) in [6.45, 7) is 5.12. The molecule has 3 aromatic rings. The number of ether oxygens (including phenoxy) is 2. The maximum Gasteiger partial charge on any atom is 0.337 e. The zero-order valence-electron chi connectivity index (χ0n) is 20.7. The molecule has 186 valence electrons. The molecule has 0 amide bonds. The number of aromatic nitrogens is 3. The van der Waals surface area contributed by atoms with Crippen LogP contribution in [-0.2, 0) is 11.8 Å². The van der Waals surface area contributed by atoms with E-state index in [0.717, 1.165) is 55.1 Å². The van der Waals surface area contributed by atoms with Crippen LogP contribution < -0.4 is 15.8 Å². The van der Waals surface area contributed by atoms with Crippen molar-refractivity contribution in [3.63, 3.8) is 0 Å². The molecule has 4 rings (SSSR count). The number of esters is 1. The maximum absolute atomic E-state index is 12.1. The molecular formula is C26H34N6O3. The predicted molar refractivity (Wildman–Crippen MR) is 137 cm³/mol.